The first-order valence-electron chi connectivity index (χ1n) is 8.82. The molecule has 0 aliphatic heterocycles. The second kappa shape index (κ2) is 7.51. The number of aryl methyl sites for hydroxylation is 2. The van der Waals surface area contributed by atoms with E-state index in [0.717, 1.165) is 11.3 Å². The van der Waals surface area contributed by atoms with Gasteiger partial charge < -0.3 is 14.6 Å². The number of anilines is 1. The lowest BCUT2D eigenvalue weighted by Gasteiger charge is -2.09. The maximum atomic E-state index is 12.3. The van der Waals surface area contributed by atoms with Crippen LogP contribution in [-0.2, 0) is 13.2 Å². The van der Waals surface area contributed by atoms with Crippen LogP contribution in [0.15, 0.2) is 58.0 Å². The normalized spacial score (nSPS) is 10.9. The summed E-state index contributed by atoms with van der Waals surface area (Å²) >= 11 is 0. The van der Waals surface area contributed by atoms with Crippen molar-refractivity contribution in [3.8, 4) is 5.75 Å². The third-order valence-electron chi connectivity index (χ3n) is 4.12. The van der Waals surface area contributed by atoms with E-state index in [1.165, 1.54) is 0 Å². The van der Waals surface area contributed by atoms with E-state index in [2.05, 4.69) is 20.4 Å². The van der Waals surface area contributed by atoms with Crippen LogP contribution in [0.3, 0.4) is 0 Å². The number of ether oxygens (including phenoxy) is 1. The van der Waals surface area contributed by atoms with Gasteiger partial charge in [-0.1, -0.05) is 11.2 Å². The van der Waals surface area contributed by atoms with Crippen LogP contribution in [0, 0.1) is 13.8 Å². The van der Waals surface area contributed by atoms with Gasteiger partial charge in [0.25, 0.3) is 11.4 Å². The van der Waals surface area contributed by atoms with Gasteiger partial charge in [-0.2, -0.15) is 4.98 Å². The second-order valence-corrected chi connectivity index (χ2v) is 6.42. The van der Waals surface area contributed by atoms with Crippen molar-refractivity contribution in [2.24, 2.45) is 0 Å². The lowest BCUT2D eigenvalue weighted by Crippen LogP contribution is -2.17. The second-order valence-electron chi connectivity index (χ2n) is 6.42. The number of hydrogen-bond donors (Lipinski definition) is 1. The predicted octanol–water partition coefficient (Wildman–Crippen LogP) is 2.89. The van der Waals surface area contributed by atoms with Gasteiger partial charge in [-0.3, -0.25) is 9.20 Å². The van der Waals surface area contributed by atoms with Crippen LogP contribution in [0.4, 0.5) is 5.69 Å². The molecule has 0 aliphatic rings. The number of rotatable bonds is 6. The molecule has 142 valence electrons. The summed E-state index contributed by atoms with van der Waals surface area (Å²) in [5, 5.41) is 6.98. The molecule has 1 N–H and O–H groups in total. The van der Waals surface area contributed by atoms with Gasteiger partial charge in [0.05, 0.1) is 12.2 Å². The van der Waals surface area contributed by atoms with Crippen LogP contribution in [0.25, 0.3) is 5.65 Å². The first-order valence-corrected chi connectivity index (χ1v) is 8.82. The highest BCUT2D eigenvalue weighted by Gasteiger charge is 2.05. The molecule has 4 aromatic rings. The van der Waals surface area contributed by atoms with Crippen molar-refractivity contribution in [1.29, 1.82) is 0 Å². The van der Waals surface area contributed by atoms with E-state index < -0.39 is 0 Å². The molecule has 0 amide bonds. The van der Waals surface area contributed by atoms with Crippen LogP contribution < -0.4 is 15.6 Å². The van der Waals surface area contributed by atoms with Crippen molar-refractivity contribution in [3.63, 3.8) is 0 Å². The van der Waals surface area contributed by atoms with Gasteiger partial charge in [-0.05, 0) is 49.7 Å². The Kier molecular flexibility index (Phi) is 4.76. The third-order valence-corrected chi connectivity index (χ3v) is 4.12. The predicted molar refractivity (Wildman–Crippen MR) is 103 cm³/mol. The number of benzene rings is 1. The van der Waals surface area contributed by atoms with E-state index >= 15 is 0 Å². The summed E-state index contributed by atoms with van der Waals surface area (Å²) in [6.07, 6.45) is 1.79. The molecule has 3 aromatic heterocycles. The standard InChI is InChI=1S/C20H19N5O3/c1-13-3-8-18-23-16(9-20(26)25(18)11-13)10-21-15-4-6-17(7-5-15)27-12-19-22-14(2)24-28-19/h3-9,11,21H,10,12H2,1-2H3. The fourth-order valence-corrected chi connectivity index (χ4v) is 2.75. The average Bonchev–Trinajstić information content (AvgIpc) is 3.11. The molecule has 0 saturated carbocycles. The van der Waals surface area contributed by atoms with Gasteiger partial charge in [-0.25, -0.2) is 4.98 Å². The van der Waals surface area contributed by atoms with Crippen molar-refractivity contribution in [1.82, 2.24) is 19.5 Å². The van der Waals surface area contributed by atoms with Crippen molar-refractivity contribution >= 4 is 11.3 Å². The molecule has 0 unspecified atom stereocenters. The minimum atomic E-state index is -0.0921. The Balaban J connectivity index is 1.39. The molecule has 0 fully saturated rings. The minimum Gasteiger partial charge on any atom is -0.484 e. The maximum absolute atomic E-state index is 12.3. The van der Waals surface area contributed by atoms with Gasteiger partial charge in [-0.15, -0.1) is 0 Å². The smallest absolute Gasteiger partial charge is 0.264 e. The van der Waals surface area contributed by atoms with Gasteiger partial charge in [0.15, 0.2) is 12.4 Å². The summed E-state index contributed by atoms with van der Waals surface area (Å²) in [5.74, 6) is 1.71. The summed E-state index contributed by atoms with van der Waals surface area (Å²) in [6.45, 7) is 4.37. The maximum Gasteiger partial charge on any atom is 0.264 e. The highest BCUT2D eigenvalue weighted by atomic mass is 16.5. The van der Waals surface area contributed by atoms with Crippen LogP contribution in [0.2, 0.25) is 0 Å². The van der Waals surface area contributed by atoms with E-state index in [4.69, 9.17) is 9.26 Å². The molecule has 0 radical (unpaired) electrons. The molecule has 8 heteroatoms. The molecule has 28 heavy (non-hydrogen) atoms. The zero-order chi connectivity index (χ0) is 19.5. The quantitative estimate of drug-likeness (QED) is 0.552. The average molecular weight is 377 g/mol. The molecule has 3 heterocycles. The van der Waals surface area contributed by atoms with Gasteiger partial charge in [0.2, 0.25) is 0 Å². The number of hydrogen-bond acceptors (Lipinski definition) is 7. The Morgan fingerprint density at radius 1 is 1.11 bits per heavy atom. The Labute approximate surface area is 160 Å². The van der Waals surface area contributed by atoms with Crippen LogP contribution in [0.1, 0.15) is 23.0 Å². The summed E-state index contributed by atoms with van der Waals surface area (Å²) < 4.78 is 12.2. The molecule has 0 aliphatic carbocycles. The third kappa shape index (κ3) is 4.01. The monoisotopic (exact) mass is 377 g/mol. The number of aromatic nitrogens is 4. The Morgan fingerprint density at radius 2 is 1.93 bits per heavy atom. The molecular formula is C20H19N5O3. The van der Waals surface area contributed by atoms with Crippen molar-refractivity contribution in [3.05, 3.63) is 82.0 Å². The topological polar surface area (TPSA) is 94.6 Å². The molecule has 0 spiro atoms. The van der Waals surface area contributed by atoms with E-state index in [9.17, 15) is 4.79 Å². The van der Waals surface area contributed by atoms with Gasteiger partial charge >= 0.3 is 0 Å². The molecule has 4 rings (SSSR count). The Bertz CT molecular complexity index is 1160. The number of fused-ring (bicyclic) bond motifs is 1. The van der Waals surface area contributed by atoms with Crippen molar-refractivity contribution < 1.29 is 9.26 Å². The van der Waals surface area contributed by atoms with Crippen molar-refractivity contribution in [2.75, 3.05) is 5.32 Å². The van der Waals surface area contributed by atoms with Crippen LogP contribution >= 0.6 is 0 Å². The zero-order valence-corrected chi connectivity index (χ0v) is 15.5. The Morgan fingerprint density at radius 3 is 2.68 bits per heavy atom. The molecule has 1 aromatic carbocycles. The zero-order valence-electron chi connectivity index (χ0n) is 15.5. The first kappa shape index (κ1) is 17.7. The summed E-state index contributed by atoms with van der Waals surface area (Å²) in [4.78, 5) is 20.9. The van der Waals surface area contributed by atoms with E-state index in [-0.39, 0.29) is 12.2 Å². The van der Waals surface area contributed by atoms with E-state index in [1.807, 2.05) is 43.3 Å². The van der Waals surface area contributed by atoms with Gasteiger partial charge in [0, 0.05) is 18.0 Å². The lowest BCUT2D eigenvalue weighted by atomic mass is 10.3. The highest BCUT2D eigenvalue weighted by molar-refractivity contribution is 5.47. The largest absolute Gasteiger partial charge is 0.484 e. The highest BCUT2D eigenvalue weighted by Crippen LogP contribution is 2.17. The summed E-state index contributed by atoms with van der Waals surface area (Å²) in [7, 11) is 0. The Hall–Kier alpha value is -3.68. The summed E-state index contributed by atoms with van der Waals surface area (Å²) in [5.41, 5.74) is 3.13. The fourth-order valence-electron chi connectivity index (χ4n) is 2.75. The van der Waals surface area contributed by atoms with Crippen molar-refractivity contribution in [2.45, 2.75) is 27.0 Å². The lowest BCUT2D eigenvalue weighted by molar-refractivity contribution is 0.242. The first-order chi connectivity index (χ1) is 13.6. The van der Waals surface area contributed by atoms with E-state index in [1.54, 1.807) is 23.6 Å². The molecule has 0 atom stereocenters. The molecular weight excluding hydrogens is 358 g/mol. The number of nitrogens with one attached hydrogen (secondary N) is 1. The van der Waals surface area contributed by atoms with Crippen LogP contribution in [0.5, 0.6) is 5.75 Å². The summed E-state index contributed by atoms with van der Waals surface area (Å²) in [6, 6.07) is 12.8. The fraction of sp³-hybridized carbons (Fsp3) is 0.200. The number of pyridine rings is 1. The number of nitrogens with zero attached hydrogens (tertiary/aromatic N) is 4. The van der Waals surface area contributed by atoms with Gasteiger partial charge in [0.1, 0.15) is 11.4 Å². The molecule has 0 bridgehead atoms. The molecule has 0 saturated heterocycles. The molecule has 8 nitrogen and oxygen atoms in total. The minimum absolute atomic E-state index is 0.0921. The SMILES string of the molecule is Cc1ccc2nc(CNc3ccc(OCc4nc(C)no4)cc3)cc(=O)n2c1. The van der Waals surface area contributed by atoms with Crippen LogP contribution in [-0.4, -0.2) is 19.5 Å². The van der Waals surface area contributed by atoms with E-state index in [0.29, 0.717) is 35.4 Å².